The highest BCUT2D eigenvalue weighted by Gasteiger charge is 2.37. The van der Waals surface area contributed by atoms with Crippen LogP contribution in [0.2, 0.25) is 0 Å². The Labute approximate surface area is 132 Å². The second-order valence-electron chi connectivity index (χ2n) is 4.82. The zero-order valence-electron chi connectivity index (χ0n) is 12.6. The van der Waals surface area contributed by atoms with E-state index in [0.29, 0.717) is 0 Å². The number of allylic oxidation sites excluding steroid dienone is 2. The highest BCUT2D eigenvalue weighted by atomic mass is 19.1. The van der Waals surface area contributed by atoms with Crippen molar-refractivity contribution in [1.29, 1.82) is 5.26 Å². The number of nitriles is 1. The first kappa shape index (κ1) is 16.4. The van der Waals surface area contributed by atoms with Gasteiger partial charge in [-0.1, -0.05) is 0 Å². The number of esters is 1. The molecule has 3 N–H and O–H groups in total. The van der Waals surface area contributed by atoms with Gasteiger partial charge in [0.1, 0.15) is 29.0 Å². The Hall–Kier alpha value is -3.01. The quantitative estimate of drug-likeness (QED) is 0.827. The van der Waals surface area contributed by atoms with Gasteiger partial charge < -0.3 is 20.3 Å². The first-order chi connectivity index (χ1) is 10.9. The molecule has 0 spiro atoms. The molecule has 0 saturated heterocycles. The number of rotatable bonds is 3. The lowest BCUT2D eigenvalue weighted by atomic mass is 9.82. The normalized spacial score (nSPS) is 17.6. The first-order valence-electron chi connectivity index (χ1n) is 6.84. The van der Waals surface area contributed by atoms with Crippen LogP contribution in [0.5, 0.6) is 5.75 Å². The number of nitrogens with zero attached hydrogens (tertiary/aromatic N) is 1. The van der Waals surface area contributed by atoms with E-state index in [2.05, 4.69) is 0 Å². The SMILES string of the molecule is CCOC(=O)C1=C(C)OC(N)=C(C#N)C1c1cc(F)ccc1O. The lowest BCUT2D eigenvalue weighted by Gasteiger charge is -2.27. The number of carbonyl (C=O) groups excluding carboxylic acids is 1. The van der Waals surface area contributed by atoms with Crippen molar-refractivity contribution < 1.29 is 23.8 Å². The molecule has 1 unspecified atom stereocenters. The summed E-state index contributed by atoms with van der Waals surface area (Å²) in [5, 5.41) is 19.4. The van der Waals surface area contributed by atoms with Crippen LogP contribution in [0.25, 0.3) is 0 Å². The number of phenols is 1. The fourth-order valence-electron chi connectivity index (χ4n) is 2.42. The topological polar surface area (TPSA) is 106 Å². The van der Waals surface area contributed by atoms with Crippen molar-refractivity contribution in [2.75, 3.05) is 6.61 Å². The lowest BCUT2D eigenvalue weighted by Crippen LogP contribution is -2.25. The van der Waals surface area contributed by atoms with Crippen molar-refractivity contribution in [1.82, 2.24) is 0 Å². The van der Waals surface area contributed by atoms with Crippen LogP contribution >= 0.6 is 0 Å². The van der Waals surface area contributed by atoms with Crippen molar-refractivity contribution in [2.24, 2.45) is 5.73 Å². The zero-order valence-corrected chi connectivity index (χ0v) is 12.6. The third kappa shape index (κ3) is 2.97. The van der Waals surface area contributed by atoms with Crippen molar-refractivity contribution in [3.63, 3.8) is 0 Å². The third-order valence-electron chi connectivity index (χ3n) is 3.40. The second kappa shape index (κ2) is 6.40. The van der Waals surface area contributed by atoms with E-state index in [1.54, 1.807) is 6.92 Å². The highest BCUT2D eigenvalue weighted by molar-refractivity contribution is 5.92. The Kier molecular flexibility index (Phi) is 4.55. The minimum atomic E-state index is -1.07. The third-order valence-corrected chi connectivity index (χ3v) is 3.40. The summed E-state index contributed by atoms with van der Waals surface area (Å²) in [6.45, 7) is 3.22. The predicted octanol–water partition coefficient (Wildman–Crippen LogP) is 2.18. The number of nitrogens with two attached hydrogens (primary N) is 1. The Bertz CT molecular complexity index is 762. The molecule has 1 aromatic carbocycles. The number of aromatic hydroxyl groups is 1. The van der Waals surface area contributed by atoms with Gasteiger partial charge in [-0.2, -0.15) is 5.26 Å². The monoisotopic (exact) mass is 318 g/mol. The van der Waals surface area contributed by atoms with Crippen molar-refractivity contribution in [3.8, 4) is 11.8 Å². The Morgan fingerprint density at radius 3 is 2.87 bits per heavy atom. The number of carbonyl (C=O) groups is 1. The summed E-state index contributed by atoms with van der Waals surface area (Å²) in [4.78, 5) is 12.2. The van der Waals surface area contributed by atoms with Crippen molar-refractivity contribution in [3.05, 3.63) is 52.4 Å². The van der Waals surface area contributed by atoms with Gasteiger partial charge in [0.25, 0.3) is 0 Å². The van der Waals surface area contributed by atoms with E-state index in [1.165, 1.54) is 6.92 Å². The number of phenolic OH excluding ortho intramolecular Hbond substituents is 1. The minimum absolute atomic E-state index is 0.00139. The molecule has 1 aromatic rings. The standard InChI is InChI=1S/C16H15FN2O4/c1-3-22-16(21)13-8(2)23-15(19)11(7-18)14(13)10-6-9(17)4-5-12(10)20/h4-6,14,20H,3,19H2,1-2H3. The molecule has 0 fully saturated rings. The van der Waals surface area contributed by atoms with Gasteiger partial charge in [0.2, 0.25) is 5.88 Å². The van der Waals surface area contributed by atoms with E-state index in [9.17, 15) is 19.6 Å². The van der Waals surface area contributed by atoms with Gasteiger partial charge in [-0.05, 0) is 32.0 Å². The summed E-state index contributed by atoms with van der Waals surface area (Å²) in [6, 6.07) is 5.10. The number of hydrogen-bond donors (Lipinski definition) is 2. The Balaban J connectivity index is 2.69. The average molecular weight is 318 g/mol. The van der Waals surface area contributed by atoms with Gasteiger partial charge in [-0.15, -0.1) is 0 Å². The molecule has 0 radical (unpaired) electrons. The van der Waals surface area contributed by atoms with E-state index in [0.717, 1.165) is 18.2 Å². The van der Waals surface area contributed by atoms with Crippen LogP contribution in [-0.2, 0) is 14.3 Å². The molecule has 1 atom stereocenters. The summed E-state index contributed by atoms with van der Waals surface area (Å²) in [5.41, 5.74) is 5.64. The van der Waals surface area contributed by atoms with Gasteiger partial charge in [-0.3, -0.25) is 0 Å². The first-order valence-corrected chi connectivity index (χ1v) is 6.84. The predicted molar refractivity (Wildman–Crippen MR) is 78.1 cm³/mol. The molecule has 2 rings (SSSR count). The van der Waals surface area contributed by atoms with Crippen LogP contribution < -0.4 is 5.73 Å². The number of benzene rings is 1. The maximum Gasteiger partial charge on any atom is 0.338 e. The molecule has 1 heterocycles. The van der Waals surface area contributed by atoms with Gasteiger partial charge in [0.05, 0.1) is 18.1 Å². The summed E-state index contributed by atoms with van der Waals surface area (Å²) < 4.78 is 23.8. The second-order valence-corrected chi connectivity index (χ2v) is 4.82. The van der Waals surface area contributed by atoms with Crippen LogP contribution in [0.3, 0.4) is 0 Å². The fourth-order valence-corrected chi connectivity index (χ4v) is 2.42. The molecule has 120 valence electrons. The molecule has 0 bridgehead atoms. The van der Waals surface area contributed by atoms with Gasteiger partial charge in [0, 0.05) is 5.56 Å². The largest absolute Gasteiger partial charge is 0.508 e. The molecule has 6 nitrogen and oxygen atoms in total. The summed E-state index contributed by atoms with van der Waals surface area (Å²) in [7, 11) is 0. The number of hydrogen-bond acceptors (Lipinski definition) is 6. The maximum absolute atomic E-state index is 13.6. The molecule has 7 heteroatoms. The Morgan fingerprint density at radius 2 is 2.26 bits per heavy atom. The summed E-state index contributed by atoms with van der Waals surface area (Å²) in [6.07, 6.45) is 0. The number of ether oxygens (including phenoxy) is 2. The lowest BCUT2D eigenvalue weighted by molar-refractivity contribution is -0.139. The molecule has 1 aliphatic heterocycles. The van der Waals surface area contributed by atoms with Crippen LogP contribution in [0.4, 0.5) is 4.39 Å². The van der Waals surface area contributed by atoms with Crippen molar-refractivity contribution in [2.45, 2.75) is 19.8 Å². The minimum Gasteiger partial charge on any atom is -0.508 e. The molecule has 0 aromatic heterocycles. The van der Waals surface area contributed by atoms with E-state index in [1.807, 2.05) is 6.07 Å². The molecular formula is C16H15FN2O4. The average Bonchev–Trinajstić information content (AvgIpc) is 2.49. The van der Waals surface area contributed by atoms with Gasteiger partial charge in [0.15, 0.2) is 0 Å². The number of halogens is 1. The fraction of sp³-hybridized carbons (Fsp3) is 0.250. The van der Waals surface area contributed by atoms with Gasteiger partial charge in [-0.25, -0.2) is 9.18 Å². The maximum atomic E-state index is 13.6. The molecule has 23 heavy (non-hydrogen) atoms. The zero-order chi connectivity index (χ0) is 17.1. The molecule has 0 amide bonds. The van der Waals surface area contributed by atoms with E-state index < -0.39 is 17.7 Å². The van der Waals surface area contributed by atoms with Crippen LogP contribution in [0.1, 0.15) is 25.3 Å². The summed E-state index contributed by atoms with van der Waals surface area (Å²) in [5.74, 6) is -2.75. The molecule has 0 saturated carbocycles. The van der Waals surface area contributed by atoms with Crippen LogP contribution in [0.15, 0.2) is 41.0 Å². The van der Waals surface area contributed by atoms with E-state index >= 15 is 0 Å². The highest BCUT2D eigenvalue weighted by Crippen LogP contribution is 2.42. The van der Waals surface area contributed by atoms with Crippen LogP contribution in [0, 0.1) is 17.1 Å². The van der Waals surface area contributed by atoms with Crippen molar-refractivity contribution >= 4 is 5.97 Å². The Morgan fingerprint density at radius 1 is 1.57 bits per heavy atom. The summed E-state index contributed by atoms with van der Waals surface area (Å²) >= 11 is 0. The van der Waals surface area contributed by atoms with Gasteiger partial charge >= 0.3 is 5.97 Å². The smallest absolute Gasteiger partial charge is 0.338 e. The van der Waals surface area contributed by atoms with E-state index in [-0.39, 0.29) is 40.7 Å². The molecular weight excluding hydrogens is 303 g/mol. The van der Waals surface area contributed by atoms with Crippen LogP contribution in [-0.4, -0.2) is 17.7 Å². The van der Waals surface area contributed by atoms with E-state index in [4.69, 9.17) is 15.2 Å². The molecule has 1 aliphatic rings. The molecule has 0 aliphatic carbocycles.